The number of aliphatic hydroxyl groups excluding tert-OH is 1. The van der Waals surface area contributed by atoms with E-state index in [4.69, 9.17) is 15.6 Å². The molecule has 0 amide bonds. The summed E-state index contributed by atoms with van der Waals surface area (Å²) in [7, 11) is 0. The molecule has 0 radical (unpaired) electrons. The van der Waals surface area contributed by atoms with Crippen LogP contribution in [0.2, 0.25) is 0 Å². The molecule has 0 saturated carbocycles. The Hall–Kier alpha value is -1.96. The third kappa shape index (κ3) is 2.74. The van der Waals surface area contributed by atoms with Crippen LogP contribution in [0.1, 0.15) is 6.42 Å². The van der Waals surface area contributed by atoms with Crippen molar-refractivity contribution in [3.8, 4) is 5.88 Å². The molecular weight excluding hydrogens is 204 g/mol. The number of nitrogens with two attached hydrogens (primary N) is 1. The van der Waals surface area contributed by atoms with Crippen LogP contribution >= 0.6 is 0 Å². The summed E-state index contributed by atoms with van der Waals surface area (Å²) in [6, 6.07) is 0. The van der Waals surface area contributed by atoms with E-state index in [0.29, 0.717) is 6.42 Å². The summed E-state index contributed by atoms with van der Waals surface area (Å²) in [6.07, 6.45) is 1.44. The Morgan fingerprint density at radius 2 is 2.33 bits per heavy atom. The Balaban J connectivity index is 2.86. The third-order valence-electron chi connectivity index (χ3n) is 1.54. The minimum Gasteiger partial charge on any atom is -0.473 e. The summed E-state index contributed by atoms with van der Waals surface area (Å²) in [6.45, 7) is 0.0716. The highest BCUT2D eigenvalue weighted by molar-refractivity contribution is 5.57. The number of hydrogen-bond donors (Lipinski definition) is 2. The topological polar surface area (TPSA) is 124 Å². The first-order chi connectivity index (χ1) is 7.16. The quantitative estimate of drug-likeness (QED) is 0.392. The highest BCUT2D eigenvalue weighted by Gasteiger charge is 2.22. The van der Waals surface area contributed by atoms with Crippen LogP contribution in [0.4, 0.5) is 11.5 Å². The molecule has 8 nitrogen and oxygen atoms in total. The van der Waals surface area contributed by atoms with Crippen LogP contribution in [0.15, 0.2) is 6.33 Å². The summed E-state index contributed by atoms with van der Waals surface area (Å²) < 4.78 is 4.99. The average molecular weight is 214 g/mol. The van der Waals surface area contributed by atoms with Gasteiger partial charge in [0.25, 0.3) is 5.88 Å². The van der Waals surface area contributed by atoms with Crippen LogP contribution < -0.4 is 10.5 Å². The van der Waals surface area contributed by atoms with Crippen LogP contribution in [0.5, 0.6) is 5.88 Å². The zero-order chi connectivity index (χ0) is 11.3. The van der Waals surface area contributed by atoms with E-state index >= 15 is 0 Å². The zero-order valence-corrected chi connectivity index (χ0v) is 7.79. The minimum atomic E-state index is -0.705. The summed E-state index contributed by atoms with van der Waals surface area (Å²) in [5.41, 5.74) is 4.86. The first-order valence-corrected chi connectivity index (χ1v) is 4.15. The summed E-state index contributed by atoms with van der Waals surface area (Å²) in [5.74, 6) is -0.421. The number of ether oxygens (including phenoxy) is 1. The number of nitrogens with zero attached hydrogens (tertiary/aromatic N) is 3. The van der Waals surface area contributed by atoms with Crippen LogP contribution in [-0.4, -0.2) is 33.2 Å². The molecule has 0 aliphatic carbocycles. The molecule has 0 aromatic carbocycles. The highest BCUT2D eigenvalue weighted by atomic mass is 16.6. The molecule has 0 bridgehead atoms. The number of anilines is 1. The van der Waals surface area contributed by atoms with E-state index in [1.165, 1.54) is 0 Å². The van der Waals surface area contributed by atoms with Gasteiger partial charge in [-0.05, 0) is 0 Å². The smallest absolute Gasteiger partial charge is 0.372 e. The van der Waals surface area contributed by atoms with Gasteiger partial charge in [-0.15, -0.1) is 0 Å². The molecule has 82 valence electrons. The van der Waals surface area contributed by atoms with E-state index in [9.17, 15) is 10.1 Å². The van der Waals surface area contributed by atoms with Crippen molar-refractivity contribution in [3.05, 3.63) is 16.4 Å². The Morgan fingerprint density at radius 3 is 2.93 bits per heavy atom. The van der Waals surface area contributed by atoms with E-state index < -0.39 is 10.6 Å². The van der Waals surface area contributed by atoms with E-state index in [1.807, 2.05) is 0 Å². The predicted octanol–water partition coefficient (Wildman–Crippen LogP) is -0.272. The number of rotatable bonds is 5. The van der Waals surface area contributed by atoms with Crippen molar-refractivity contribution >= 4 is 11.5 Å². The summed E-state index contributed by atoms with van der Waals surface area (Å²) >= 11 is 0. The summed E-state index contributed by atoms with van der Waals surface area (Å²) in [4.78, 5) is 17.0. The molecule has 0 spiro atoms. The first-order valence-electron chi connectivity index (χ1n) is 4.15. The van der Waals surface area contributed by atoms with Gasteiger partial charge in [-0.3, -0.25) is 10.1 Å². The number of aliphatic hydroxyl groups is 1. The Morgan fingerprint density at radius 1 is 1.60 bits per heavy atom. The van der Waals surface area contributed by atoms with Gasteiger partial charge >= 0.3 is 5.69 Å². The molecule has 15 heavy (non-hydrogen) atoms. The van der Waals surface area contributed by atoms with E-state index in [2.05, 4.69) is 9.97 Å². The van der Waals surface area contributed by atoms with Crippen molar-refractivity contribution < 1.29 is 14.8 Å². The lowest BCUT2D eigenvalue weighted by Gasteiger charge is -2.04. The van der Waals surface area contributed by atoms with Gasteiger partial charge < -0.3 is 15.6 Å². The highest BCUT2D eigenvalue weighted by Crippen LogP contribution is 2.28. The van der Waals surface area contributed by atoms with Crippen LogP contribution in [0.3, 0.4) is 0 Å². The van der Waals surface area contributed by atoms with Crippen molar-refractivity contribution in [3.63, 3.8) is 0 Å². The van der Waals surface area contributed by atoms with Crippen molar-refractivity contribution in [2.24, 2.45) is 0 Å². The monoisotopic (exact) mass is 214 g/mol. The fraction of sp³-hybridized carbons (Fsp3) is 0.429. The second kappa shape index (κ2) is 5.05. The van der Waals surface area contributed by atoms with E-state index in [-0.39, 0.29) is 24.9 Å². The molecule has 0 aliphatic rings. The zero-order valence-electron chi connectivity index (χ0n) is 7.79. The van der Waals surface area contributed by atoms with Crippen molar-refractivity contribution in [2.45, 2.75) is 6.42 Å². The van der Waals surface area contributed by atoms with Gasteiger partial charge in [0.05, 0.1) is 11.5 Å². The third-order valence-corrected chi connectivity index (χ3v) is 1.54. The second-order valence-electron chi connectivity index (χ2n) is 2.60. The number of hydrogen-bond acceptors (Lipinski definition) is 7. The number of nitrogen functional groups attached to an aromatic ring is 1. The largest absolute Gasteiger partial charge is 0.473 e. The Bertz CT molecular complexity index is 357. The van der Waals surface area contributed by atoms with Crippen molar-refractivity contribution in [1.82, 2.24) is 9.97 Å². The van der Waals surface area contributed by atoms with Crippen LogP contribution in [-0.2, 0) is 0 Å². The van der Waals surface area contributed by atoms with Gasteiger partial charge in [-0.2, -0.15) is 4.98 Å². The SMILES string of the molecule is Nc1ncnc(OCCCO)c1[N+](=O)[O-]. The molecular formula is C7H10N4O4. The minimum absolute atomic E-state index is 0.0611. The van der Waals surface area contributed by atoms with Gasteiger partial charge in [0.2, 0.25) is 5.82 Å². The standard InChI is InChI=1S/C7H10N4O4/c8-6-5(11(13)14)7(10-4-9-6)15-3-1-2-12/h4,12H,1-3H2,(H2,8,9,10). The molecule has 0 fully saturated rings. The molecule has 0 saturated heterocycles. The predicted molar refractivity (Wildman–Crippen MR) is 50.3 cm³/mol. The van der Waals surface area contributed by atoms with Crippen LogP contribution in [0.25, 0.3) is 0 Å². The molecule has 1 aromatic rings. The molecule has 8 heteroatoms. The number of nitro groups is 1. The maximum absolute atomic E-state index is 10.6. The maximum atomic E-state index is 10.6. The lowest BCUT2D eigenvalue weighted by atomic mass is 10.4. The second-order valence-corrected chi connectivity index (χ2v) is 2.60. The molecule has 3 N–H and O–H groups in total. The van der Waals surface area contributed by atoms with Gasteiger partial charge in [0, 0.05) is 13.0 Å². The first kappa shape index (κ1) is 11.1. The fourth-order valence-corrected chi connectivity index (χ4v) is 0.886. The molecule has 0 aliphatic heterocycles. The van der Waals surface area contributed by atoms with Crippen molar-refractivity contribution in [1.29, 1.82) is 0 Å². The average Bonchev–Trinajstić information content (AvgIpc) is 2.17. The molecule has 0 unspecified atom stereocenters. The Labute approximate surface area is 84.9 Å². The molecule has 1 rings (SSSR count). The van der Waals surface area contributed by atoms with Gasteiger partial charge in [0.1, 0.15) is 6.33 Å². The lowest BCUT2D eigenvalue weighted by molar-refractivity contribution is -0.385. The van der Waals surface area contributed by atoms with E-state index in [0.717, 1.165) is 6.33 Å². The van der Waals surface area contributed by atoms with Gasteiger partial charge in [-0.1, -0.05) is 0 Å². The fourth-order valence-electron chi connectivity index (χ4n) is 0.886. The van der Waals surface area contributed by atoms with Gasteiger partial charge in [0.15, 0.2) is 0 Å². The maximum Gasteiger partial charge on any atom is 0.372 e. The Kier molecular flexibility index (Phi) is 3.75. The van der Waals surface area contributed by atoms with Crippen molar-refractivity contribution in [2.75, 3.05) is 18.9 Å². The molecule has 0 atom stereocenters. The van der Waals surface area contributed by atoms with Gasteiger partial charge in [-0.25, -0.2) is 4.98 Å². The van der Waals surface area contributed by atoms with Crippen LogP contribution in [0, 0.1) is 10.1 Å². The number of aromatic nitrogens is 2. The molecule has 1 heterocycles. The van der Waals surface area contributed by atoms with E-state index in [1.54, 1.807) is 0 Å². The normalized spacial score (nSPS) is 9.93. The summed E-state index contributed by atoms with van der Waals surface area (Å²) in [5, 5.41) is 19.1. The lowest BCUT2D eigenvalue weighted by Crippen LogP contribution is -2.07. The molecule has 1 aromatic heterocycles.